The highest BCUT2D eigenvalue weighted by molar-refractivity contribution is 9.10. The van der Waals surface area contributed by atoms with Gasteiger partial charge < -0.3 is 9.67 Å². The number of halogens is 1. The summed E-state index contributed by atoms with van der Waals surface area (Å²) in [6, 6.07) is 15.3. The van der Waals surface area contributed by atoms with Gasteiger partial charge in [-0.2, -0.15) is 0 Å². The fraction of sp³-hybridized carbons (Fsp3) is 0.118. The number of nitrogens with zero attached hydrogens (tertiary/aromatic N) is 1. The van der Waals surface area contributed by atoms with Crippen LogP contribution in [0.1, 0.15) is 21.6 Å². The van der Waals surface area contributed by atoms with Crippen molar-refractivity contribution in [2.45, 2.75) is 13.5 Å². The first kappa shape index (κ1) is 13.9. The molecule has 0 aliphatic heterocycles. The highest BCUT2D eigenvalue weighted by atomic mass is 79.9. The first-order chi connectivity index (χ1) is 10.1. The third-order valence-electron chi connectivity index (χ3n) is 3.70. The van der Waals surface area contributed by atoms with Gasteiger partial charge in [-0.15, -0.1) is 0 Å². The molecule has 0 fully saturated rings. The van der Waals surface area contributed by atoms with Crippen LogP contribution in [-0.4, -0.2) is 15.6 Å². The number of hydrogen-bond donors (Lipinski definition) is 1. The molecule has 0 unspecified atom stereocenters. The molecule has 0 spiro atoms. The molecule has 0 amide bonds. The second-order valence-corrected chi connectivity index (χ2v) is 5.80. The van der Waals surface area contributed by atoms with E-state index in [1.54, 1.807) is 12.1 Å². The van der Waals surface area contributed by atoms with E-state index in [0.717, 1.165) is 16.6 Å². The van der Waals surface area contributed by atoms with Gasteiger partial charge in [0.15, 0.2) is 0 Å². The van der Waals surface area contributed by atoms with Gasteiger partial charge in [0.25, 0.3) is 0 Å². The topological polar surface area (TPSA) is 42.2 Å². The van der Waals surface area contributed by atoms with E-state index < -0.39 is 5.97 Å². The molecule has 0 atom stereocenters. The van der Waals surface area contributed by atoms with Crippen LogP contribution in [0.3, 0.4) is 0 Å². The number of aromatic nitrogens is 1. The molecule has 0 bridgehead atoms. The summed E-state index contributed by atoms with van der Waals surface area (Å²) >= 11 is 3.65. The summed E-state index contributed by atoms with van der Waals surface area (Å²) in [5.74, 6) is -0.896. The Morgan fingerprint density at radius 3 is 2.48 bits per heavy atom. The lowest BCUT2D eigenvalue weighted by atomic mass is 10.1. The number of fused-ring (bicyclic) bond motifs is 1. The third kappa shape index (κ3) is 2.47. The minimum atomic E-state index is -0.896. The first-order valence-electron chi connectivity index (χ1n) is 6.63. The number of carbonyl (C=O) groups is 1. The zero-order valence-corrected chi connectivity index (χ0v) is 13.1. The zero-order valence-electron chi connectivity index (χ0n) is 11.5. The minimum absolute atomic E-state index is 0.314. The summed E-state index contributed by atoms with van der Waals surface area (Å²) in [7, 11) is 0. The number of rotatable bonds is 3. The summed E-state index contributed by atoms with van der Waals surface area (Å²) in [6.45, 7) is 2.80. The lowest BCUT2D eigenvalue weighted by Gasteiger charge is -2.09. The van der Waals surface area contributed by atoms with E-state index >= 15 is 0 Å². The van der Waals surface area contributed by atoms with Crippen LogP contribution in [-0.2, 0) is 6.54 Å². The average Bonchev–Trinajstić information content (AvgIpc) is 2.73. The van der Waals surface area contributed by atoms with Gasteiger partial charge in [-0.3, -0.25) is 0 Å². The minimum Gasteiger partial charge on any atom is -0.478 e. The highest BCUT2D eigenvalue weighted by Crippen LogP contribution is 2.31. The van der Waals surface area contributed by atoms with Gasteiger partial charge in [0.05, 0.1) is 5.56 Å². The molecule has 3 rings (SSSR count). The van der Waals surface area contributed by atoms with Crippen LogP contribution in [0, 0.1) is 6.92 Å². The van der Waals surface area contributed by atoms with Crippen LogP contribution in [0.15, 0.2) is 53.0 Å². The van der Waals surface area contributed by atoms with E-state index in [2.05, 4.69) is 39.6 Å². The molecule has 0 radical (unpaired) electrons. The molecule has 0 saturated carbocycles. The van der Waals surface area contributed by atoms with Gasteiger partial charge in [-0.05, 0) is 46.6 Å². The Hall–Kier alpha value is -2.07. The van der Waals surface area contributed by atoms with Gasteiger partial charge in [0, 0.05) is 27.6 Å². The first-order valence-corrected chi connectivity index (χ1v) is 7.43. The Balaban J connectivity index is 2.02. The summed E-state index contributed by atoms with van der Waals surface area (Å²) < 4.78 is 3.34. The predicted octanol–water partition coefficient (Wildman–Crippen LogP) is 4.46. The number of aromatic carboxylic acids is 1. The molecule has 0 saturated heterocycles. The standard InChI is InChI=1S/C17H14BrNO2/c1-11-16(18)14-4-2-3-5-15(14)19(11)10-12-6-8-13(9-7-12)17(20)21/h2-9H,10H2,1H3,(H,20,21). The van der Waals surface area contributed by atoms with Crippen molar-refractivity contribution in [1.29, 1.82) is 0 Å². The maximum absolute atomic E-state index is 10.9. The van der Waals surface area contributed by atoms with Crippen LogP contribution in [0.25, 0.3) is 10.9 Å². The molecule has 1 N–H and O–H groups in total. The Morgan fingerprint density at radius 1 is 1.14 bits per heavy atom. The Morgan fingerprint density at radius 2 is 1.81 bits per heavy atom. The normalized spacial score (nSPS) is 11.0. The number of carboxylic acid groups (broad SMARTS) is 1. The number of carboxylic acids is 1. The zero-order chi connectivity index (χ0) is 15.0. The summed E-state index contributed by atoms with van der Waals surface area (Å²) in [4.78, 5) is 10.9. The van der Waals surface area contributed by atoms with Crippen molar-refractivity contribution >= 4 is 32.8 Å². The SMILES string of the molecule is Cc1c(Br)c2ccccc2n1Cc1ccc(C(=O)O)cc1. The Labute approximate surface area is 131 Å². The highest BCUT2D eigenvalue weighted by Gasteiger charge is 2.11. The van der Waals surface area contributed by atoms with Gasteiger partial charge in [0.1, 0.15) is 0 Å². The summed E-state index contributed by atoms with van der Waals surface area (Å²) in [5.41, 5.74) is 3.73. The van der Waals surface area contributed by atoms with Crippen LogP contribution < -0.4 is 0 Å². The van der Waals surface area contributed by atoms with Gasteiger partial charge in [0.2, 0.25) is 0 Å². The second-order valence-electron chi connectivity index (χ2n) is 5.00. The van der Waals surface area contributed by atoms with E-state index in [1.807, 2.05) is 24.3 Å². The lowest BCUT2D eigenvalue weighted by molar-refractivity contribution is 0.0697. The van der Waals surface area contributed by atoms with Crippen LogP contribution >= 0.6 is 15.9 Å². The molecule has 3 aromatic rings. The van der Waals surface area contributed by atoms with Gasteiger partial charge in [-0.25, -0.2) is 4.79 Å². The molecule has 106 valence electrons. The fourth-order valence-corrected chi connectivity index (χ4v) is 3.08. The quantitative estimate of drug-likeness (QED) is 0.762. The Kier molecular flexibility index (Phi) is 3.55. The number of para-hydroxylation sites is 1. The van der Waals surface area contributed by atoms with E-state index in [1.165, 1.54) is 16.6 Å². The molecular weight excluding hydrogens is 330 g/mol. The molecule has 3 nitrogen and oxygen atoms in total. The molecule has 0 aliphatic rings. The summed E-state index contributed by atoms with van der Waals surface area (Å²) in [5, 5.41) is 10.1. The molecule has 1 heterocycles. The van der Waals surface area contributed by atoms with Crippen molar-refractivity contribution in [2.75, 3.05) is 0 Å². The van der Waals surface area contributed by atoms with Crippen molar-refractivity contribution in [1.82, 2.24) is 4.57 Å². The van der Waals surface area contributed by atoms with Crippen molar-refractivity contribution in [3.8, 4) is 0 Å². The molecule has 2 aromatic carbocycles. The van der Waals surface area contributed by atoms with Crippen molar-refractivity contribution in [3.05, 3.63) is 69.8 Å². The van der Waals surface area contributed by atoms with Crippen LogP contribution in [0.2, 0.25) is 0 Å². The van der Waals surface area contributed by atoms with E-state index in [4.69, 9.17) is 5.11 Å². The molecule has 4 heteroatoms. The number of benzene rings is 2. The molecule has 0 aliphatic carbocycles. The van der Waals surface area contributed by atoms with Crippen LogP contribution in [0.4, 0.5) is 0 Å². The van der Waals surface area contributed by atoms with Gasteiger partial charge >= 0.3 is 5.97 Å². The number of hydrogen-bond acceptors (Lipinski definition) is 1. The maximum Gasteiger partial charge on any atom is 0.335 e. The monoisotopic (exact) mass is 343 g/mol. The van der Waals surface area contributed by atoms with Crippen LogP contribution in [0.5, 0.6) is 0 Å². The average molecular weight is 344 g/mol. The van der Waals surface area contributed by atoms with Crippen molar-refractivity contribution in [2.24, 2.45) is 0 Å². The third-order valence-corrected chi connectivity index (χ3v) is 4.70. The maximum atomic E-state index is 10.9. The van der Waals surface area contributed by atoms with Gasteiger partial charge in [-0.1, -0.05) is 30.3 Å². The smallest absolute Gasteiger partial charge is 0.335 e. The Bertz CT molecular complexity index is 819. The fourth-order valence-electron chi connectivity index (χ4n) is 2.53. The van der Waals surface area contributed by atoms with E-state index in [0.29, 0.717) is 5.56 Å². The lowest BCUT2D eigenvalue weighted by Crippen LogP contribution is -2.02. The molecule has 21 heavy (non-hydrogen) atoms. The van der Waals surface area contributed by atoms with E-state index in [9.17, 15) is 4.79 Å². The largest absolute Gasteiger partial charge is 0.478 e. The second kappa shape index (κ2) is 5.37. The molecule has 1 aromatic heterocycles. The van der Waals surface area contributed by atoms with E-state index in [-0.39, 0.29) is 0 Å². The summed E-state index contributed by atoms with van der Waals surface area (Å²) in [6.07, 6.45) is 0. The molecular formula is C17H14BrNO2. The predicted molar refractivity (Wildman–Crippen MR) is 86.9 cm³/mol. The van der Waals surface area contributed by atoms with Crippen molar-refractivity contribution < 1.29 is 9.90 Å². The van der Waals surface area contributed by atoms with Crippen molar-refractivity contribution in [3.63, 3.8) is 0 Å².